The van der Waals surface area contributed by atoms with Gasteiger partial charge in [-0.3, -0.25) is 9.59 Å². The Bertz CT molecular complexity index is 674. The van der Waals surface area contributed by atoms with Gasteiger partial charge in [-0.05, 0) is 57.4 Å². The van der Waals surface area contributed by atoms with Gasteiger partial charge in [0.05, 0.1) is 12.6 Å². The monoisotopic (exact) mass is 358 g/mol. The van der Waals surface area contributed by atoms with E-state index in [9.17, 15) is 14.9 Å². The Morgan fingerprint density at radius 1 is 1.12 bits per heavy atom. The molecule has 26 heavy (non-hydrogen) atoms. The maximum atomic E-state index is 12.2. The molecule has 3 N–H and O–H groups in total. The van der Waals surface area contributed by atoms with Crippen LogP contribution >= 0.6 is 0 Å². The van der Waals surface area contributed by atoms with Crippen LogP contribution in [0.4, 0.5) is 5.69 Å². The molecule has 1 atom stereocenters. The molecule has 142 valence electrons. The van der Waals surface area contributed by atoms with Crippen molar-refractivity contribution >= 4 is 17.5 Å². The summed E-state index contributed by atoms with van der Waals surface area (Å²) in [6, 6.07) is 9.09. The molecule has 0 bridgehead atoms. The van der Waals surface area contributed by atoms with Crippen LogP contribution in [0, 0.1) is 17.2 Å². The summed E-state index contributed by atoms with van der Waals surface area (Å²) in [4.78, 5) is 24.3. The molecule has 1 rings (SSSR count). The number of hydrogen-bond donors (Lipinski definition) is 3. The van der Waals surface area contributed by atoms with Crippen LogP contribution in [-0.4, -0.2) is 29.4 Å². The Balaban J connectivity index is 2.62. The molecule has 0 saturated heterocycles. The highest BCUT2D eigenvalue weighted by Gasteiger charge is 2.29. The lowest BCUT2D eigenvalue weighted by Crippen LogP contribution is -2.50. The number of anilines is 1. The molecule has 0 heterocycles. The minimum absolute atomic E-state index is 0.00150. The zero-order chi connectivity index (χ0) is 20.0. The first kappa shape index (κ1) is 21.5. The molecule has 0 aliphatic heterocycles. The lowest BCUT2D eigenvalue weighted by Gasteiger charge is -2.27. The molecule has 2 amide bonds. The van der Waals surface area contributed by atoms with Crippen molar-refractivity contribution in [2.75, 3.05) is 11.9 Å². The van der Waals surface area contributed by atoms with Gasteiger partial charge in [0.1, 0.15) is 5.54 Å². The third kappa shape index (κ3) is 6.07. The van der Waals surface area contributed by atoms with Crippen LogP contribution in [-0.2, 0) is 4.79 Å². The van der Waals surface area contributed by atoms with Crippen LogP contribution < -0.4 is 16.0 Å². The Kier molecular flexibility index (Phi) is 7.19. The molecule has 1 aromatic carbocycles. The third-order valence-electron chi connectivity index (χ3n) is 4.72. The number of hydrogen-bond acceptors (Lipinski definition) is 4. The smallest absolute Gasteiger partial charge is 0.251 e. The van der Waals surface area contributed by atoms with Crippen molar-refractivity contribution in [1.29, 1.82) is 5.26 Å². The minimum Gasteiger partial charge on any atom is -0.376 e. The zero-order valence-corrected chi connectivity index (χ0v) is 16.6. The second-order valence-electron chi connectivity index (χ2n) is 7.64. The summed E-state index contributed by atoms with van der Waals surface area (Å²) in [7, 11) is 0. The molecule has 6 nitrogen and oxygen atoms in total. The number of nitrogens with one attached hydrogen (secondary N) is 3. The Morgan fingerprint density at radius 2 is 1.69 bits per heavy atom. The SMILES string of the molecule is CCC(C)(C)NC(=O)c1ccc(NCC(=O)NC(C)(C#N)C(C)C)cc1. The summed E-state index contributed by atoms with van der Waals surface area (Å²) in [6.45, 7) is 11.5. The van der Waals surface area contributed by atoms with Crippen LogP contribution in [0.3, 0.4) is 0 Å². The summed E-state index contributed by atoms with van der Waals surface area (Å²) < 4.78 is 0. The average molecular weight is 358 g/mol. The van der Waals surface area contributed by atoms with Gasteiger partial charge in [-0.2, -0.15) is 5.26 Å². The molecule has 0 aromatic heterocycles. The van der Waals surface area contributed by atoms with E-state index < -0.39 is 5.54 Å². The number of carbonyl (C=O) groups excluding carboxylic acids is 2. The molecule has 0 radical (unpaired) electrons. The van der Waals surface area contributed by atoms with E-state index in [1.165, 1.54) is 0 Å². The van der Waals surface area contributed by atoms with Crippen molar-refractivity contribution in [3.8, 4) is 6.07 Å². The van der Waals surface area contributed by atoms with Gasteiger partial charge in [-0.25, -0.2) is 0 Å². The highest BCUT2D eigenvalue weighted by atomic mass is 16.2. The third-order valence-corrected chi connectivity index (χ3v) is 4.72. The summed E-state index contributed by atoms with van der Waals surface area (Å²) in [5, 5.41) is 18.0. The lowest BCUT2D eigenvalue weighted by atomic mass is 9.90. The Hall–Kier alpha value is -2.55. The van der Waals surface area contributed by atoms with Crippen LogP contribution in [0.25, 0.3) is 0 Å². The number of benzene rings is 1. The van der Waals surface area contributed by atoms with Crippen molar-refractivity contribution in [3.63, 3.8) is 0 Å². The number of rotatable bonds is 8. The van der Waals surface area contributed by atoms with Gasteiger partial charge < -0.3 is 16.0 Å². The maximum Gasteiger partial charge on any atom is 0.251 e. The molecule has 0 fully saturated rings. The van der Waals surface area contributed by atoms with Crippen molar-refractivity contribution in [1.82, 2.24) is 10.6 Å². The average Bonchev–Trinajstić information content (AvgIpc) is 2.59. The van der Waals surface area contributed by atoms with E-state index in [1.54, 1.807) is 31.2 Å². The molecular formula is C20H30N4O2. The Morgan fingerprint density at radius 3 is 2.15 bits per heavy atom. The fourth-order valence-electron chi connectivity index (χ4n) is 2.02. The van der Waals surface area contributed by atoms with E-state index in [0.717, 1.165) is 12.1 Å². The van der Waals surface area contributed by atoms with Crippen molar-refractivity contribution in [2.45, 2.75) is 59.0 Å². The van der Waals surface area contributed by atoms with Crippen molar-refractivity contribution in [3.05, 3.63) is 29.8 Å². The van der Waals surface area contributed by atoms with E-state index in [0.29, 0.717) is 5.56 Å². The zero-order valence-electron chi connectivity index (χ0n) is 16.6. The fourth-order valence-corrected chi connectivity index (χ4v) is 2.02. The van der Waals surface area contributed by atoms with Crippen LogP contribution in [0.2, 0.25) is 0 Å². The molecule has 1 unspecified atom stereocenters. The molecular weight excluding hydrogens is 328 g/mol. The highest BCUT2D eigenvalue weighted by molar-refractivity contribution is 5.95. The first-order chi connectivity index (χ1) is 12.0. The number of carbonyl (C=O) groups is 2. The highest BCUT2D eigenvalue weighted by Crippen LogP contribution is 2.15. The molecule has 1 aromatic rings. The normalized spacial score (nSPS) is 13.5. The summed E-state index contributed by atoms with van der Waals surface area (Å²) in [6.07, 6.45) is 0.839. The van der Waals surface area contributed by atoms with Crippen LogP contribution in [0.5, 0.6) is 0 Å². The van der Waals surface area contributed by atoms with Gasteiger partial charge >= 0.3 is 0 Å². The van der Waals surface area contributed by atoms with Gasteiger partial charge in [0, 0.05) is 16.8 Å². The fraction of sp³-hybridized carbons (Fsp3) is 0.550. The second-order valence-corrected chi connectivity index (χ2v) is 7.64. The van der Waals surface area contributed by atoms with E-state index >= 15 is 0 Å². The molecule has 6 heteroatoms. The lowest BCUT2D eigenvalue weighted by molar-refractivity contribution is -0.121. The summed E-state index contributed by atoms with van der Waals surface area (Å²) in [5.74, 6) is -0.376. The van der Waals surface area contributed by atoms with Crippen LogP contribution in [0.1, 0.15) is 58.3 Å². The topological polar surface area (TPSA) is 94.0 Å². The second kappa shape index (κ2) is 8.70. The number of nitriles is 1. The standard InChI is InChI=1S/C20H30N4O2/c1-7-19(4,5)24-18(26)15-8-10-16(11-9-15)22-12-17(25)23-20(6,13-21)14(2)3/h8-11,14,22H,7,12H2,1-6H3,(H,23,25)(H,24,26). The van der Waals surface area contributed by atoms with Gasteiger partial charge in [0.2, 0.25) is 5.91 Å². The van der Waals surface area contributed by atoms with E-state index in [-0.39, 0.29) is 29.8 Å². The molecule has 0 aliphatic carbocycles. The van der Waals surface area contributed by atoms with Gasteiger partial charge in [0.25, 0.3) is 5.91 Å². The van der Waals surface area contributed by atoms with Crippen molar-refractivity contribution in [2.24, 2.45) is 5.92 Å². The van der Waals surface area contributed by atoms with E-state index in [4.69, 9.17) is 0 Å². The van der Waals surface area contributed by atoms with Crippen LogP contribution in [0.15, 0.2) is 24.3 Å². The largest absolute Gasteiger partial charge is 0.376 e. The van der Waals surface area contributed by atoms with Gasteiger partial charge in [0.15, 0.2) is 0 Å². The quantitative estimate of drug-likeness (QED) is 0.666. The predicted molar refractivity (Wildman–Crippen MR) is 104 cm³/mol. The molecule has 0 saturated carbocycles. The first-order valence-corrected chi connectivity index (χ1v) is 8.91. The van der Waals surface area contributed by atoms with Gasteiger partial charge in [-0.1, -0.05) is 20.8 Å². The predicted octanol–water partition coefficient (Wildman–Crippen LogP) is 3.07. The Labute approximate surface area is 156 Å². The molecule has 0 aliphatic rings. The van der Waals surface area contributed by atoms with Crippen molar-refractivity contribution < 1.29 is 9.59 Å². The van der Waals surface area contributed by atoms with Gasteiger partial charge in [-0.15, -0.1) is 0 Å². The summed E-state index contributed by atoms with van der Waals surface area (Å²) in [5.41, 5.74) is 0.149. The first-order valence-electron chi connectivity index (χ1n) is 8.91. The number of nitrogens with zero attached hydrogens (tertiary/aromatic N) is 1. The summed E-state index contributed by atoms with van der Waals surface area (Å²) >= 11 is 0. The minimum atomic E-state index is -0.896. The van der Waals surface area contributed by atoms with E-state index in [1.807, 2.05) is 34.6 Å². The number of amides is 2. The molecule has 0 spiro atoms. The van der Waals surface area contributed by atoms with E-state index in [2.05, 4.69) is 22.0 Å². The maximum absolute atomic E-state index is 12.2.